The van der Waals surface area contributed by atoms with E-state index >= 15 is 0 Å². The third-order valence-electron chi connectivity index (χ3n) is 2.81. The maximum absolute atomic E-state index is 4.16. The van der Waals surface area contributed by atoms with Gasteiger partial charge < -0.3 is 4.90 Å². The molecule has 3 heteroatoms. The standard InChI is InChI=1S/C15H15BrN2/c1-4-11-5-6-13(18(2)3)10-14(11)12-7-8-17-15(16)9-12/h4-10H,1H2,2-3H3. The van der Waals surface area contributed by atoms with Crippen LogP contribution in [0.5, 0.6) is 0 Å². The minimum atomic E-state index is 0.838. The van der Waals surface area contributed by atoms with Gasteiger partial charge in [-0.1, -0.05) is 18.7 Å². The van der Waals surface area contributed by atoms with E-state index in [0.29, 0.717) is 0 Å². The van der Waals surface area contributed by atoms with Crippen LogP contribution in [0.25, 0.3) is 17.2 Å². The van der Waals surface area contributed by atoms with Crippen LogP contribution in [0.2, 0.25) is 0 Å². The van der Waals surface area contributed by atoms with Crippen LogP contribution < -0.4 is 4.90 Å². The Kier molecular flexibility index (Phi) is 3.82. The van der Waals surface area contributed by atoms with E-state index in [0.717, 1.165) is 15.7 Å². The predicted octanol–water partition coefficient (Wildman–Crippen LogP) is 4.22. The monoisotopic (exact) mass is 302 g/mol. The van der Waals surface area contributed by atoms with Crippen molar-refractivity contribution in [1.29, 1.82) is 0 Å². The molecule has 1 aromatic carbocycles. The lowest BCUT2D eigenvalue weighted by Gasteiger charge is -2.15. The quantitative estimate of drug-likeness (QED) is 0.789. The fourth-order valence-electron chi connectivity index (χ4n) is 1.82. The van der Waals surface area contributed by atoms with Gasteiger partial charge >= 0.3 is 0 Å². The molecule has 0 saturated carbocycles. The summed E-state index contributed by atoms with van der Waals surface area (Å²) in [6, 6.07) is 10.4. The molecule has 0 N–H and O–H groups in total. The van der Waals surface area contributed by atoms with Crippen molar-refractivity contribution >= 4 is 27.7 Å². The zero-order valence-electron chi connectivity index (χ0n) is 10.5. The van der Waals surface area contributed by atoms with Gasteiger partial charge in [-0.3, -0.25) is 0 Å². The third kappa shape index (κ3) is 2.62. The second kappa shape index (κ2) is 5.36. The van der Waals surface area contributed by atoms with E-state index in [1.165, 1.54) is 11.3 Å². The largest absolute Gasteiger partial charge is 0.378 e. The van der Waals surface area contributed by atoms with Crippen LogP contribution in [0.4, 0.5) is 5.69 Å². The first-order chi connectivity index (χ1) is 8.61. The van der Waals surface area contributed by atoms with Crippen molar-refractivity contribution in [3.05, 3.63) is 53.3 Å². The minimum Gasteiger partial charge on any atom is -0.378 e. The molecular weight excluding hydrogens is 288 g/mol. The molecule has 1 aromatic heterocycles. The molecule has 0 unspecified atom stereocenters. The molecule has 0 atom stereocenters. The maximum atomic E-state index is 4.16. The van der Waals surface area contributed by atoms with Crippen LogP contribution in [0, 0.1) is 0 Å². The normalized spacial score (nSPS) is 10.2. The molecule has 0 bridgehead atoms. The highest BCUT2D eigenvalue weighted by Crippen LogP contribution is 2.29. The number of halogens is 1. The Labute approximate surface area is 116 Å². The summed E-state index contributed by atoms with van der Waals surface area (Å²) in [5, 5.41) is 0. The summed E-state index contributed by atoms with van der Waals surface area (Å²) in [7, 11) is 4.07. The average molecular weight is 303 g/mol. The summed E-state index contributed by atoms with van der Waals surface area (Å²) in [6.45, 7) is 3.87. The van der Waals surface area contributed by atoms with E-state index in [2.05, 4.69) is 50.6 Å². The Morgan fingerprint density at radius 1 is 1.22 bits per heavy atom. The number of rotatable bonds is 3. The van der Waals surface area contributed by atoms with E-state index in [4.69, 9.17) is 0 Å². The Balaban J connectivity index is 2.60. The van der Waals surface area contributed by atoms with Gasteiger partial charge in [-0.15, -0.1) is 0 Å². The Hall–Kier alpha value is -1.61. The number of nitrogens with zero attached hydrogens (tertiary/aromatic N) is 2. The highest BCUT2D eigenvalue weighted by Gasteiger charge is 2.06. The second-order valence-corrected chi connectivity index (χ2v) is 5.05. The van der Waals surface area contributed by atoms with Crippen molar-refractivity contribution in [3.8, 4) is 11.1 Å². The first-order valence-electron chi connectivity index (χ1n) is 5.67. The number of hydrogen-bond acceptors (Lipinski definition) is 2. The molecule has 0 radical (unpaired) electrons. The van der Waals surface area contributed by atoms with Crippen LogP contribution in [0.15, 0.2) is 47.7 Å². The topological polar surface area (TPSA) is 16.1 Å². The molecule has 0 saturated heterocycles. The Morgan fingerprint density at radius 3 is 2.61 bits per heavy atom. The maximum Gasteiger partial charge on any atom is 0.106 e. The lowest BCUT2D eigenvalue weighted by Crippen LogP contribution is -2.08. The van der Waals surface area contributed by atoms with Gasteiger partial charge in [0.2, 0.25) is 0 Å². The van der Waals surface area contributed by atoms with Gasteiger partial charge in [-0.2, -0.15) is 0 Å². The van der Waals surface area contributed by atoms with Crippen molar-refractivity contribution in [3.63, 3.8) is 0 Å². The van der Waals surface area contributed by atoms with Gasteiger partial charge in [0.25, 0.3) is 0 Å². The number of anilines is 1. The Morgan fingerprint density at radius 2 is 2.00 bits per heavy atom. The third-order valence-corrected chi connectivity index (χ3v) is 3.24. The number of aromatic nitrogens is 1. The molecule has 0 aliphatic heterocycles. The van der Waals surface area contributed by atoms with Gasteiger partial charge in [0.05, 0.1) is 0 Å². The summed E-state index contributed by atoms with van der Waals surface area (Å²) in [4.78, 5) is 6.25. The zero-order valence-corrected chi connectivity index (χ0v) is 12.1. The average Bonchev–Trinajstić information content (AvgIpc) is 2.38. The lowest BCUT2D eigenvalue weighted by molar-refractivity contribution is 1.13. The van der Waals surface area contributed by atoms with E-state index in [9.17, 15) is 0 Å². The molecule has 2 nitrogen and oxygen atoms in total. The van der Waals surface area contributed by atoms with Crippen molar-refractivity contribution in [1.82, 2.24) is 4.98 Å². The number of benzene rings is 1. The van der Waals surface area contributed by atoms with Gasteiger partial charge in [0.1, 0.15) is 4.60 Å². The predicted molar refractivity (Wildman–Crippen MR) is 81.8 cm³/mol. The van der Waals surface area contributed by atoms with Gasteiger partial charge in [0, 0.05) is 26.0 Å². The number of pyridine rings is 1. The van der Waals surface area contributed by atoms with E-state index in [1.54, 1.807) is 6.20 Å². The summed E-state index contributed by atoms with van der Waals surface area (Å²) in [5.74, 6) is 0. The molecule has 0 spiro atoms. The Bertz CT molecular complexity index is 576. The zero-order chi connectivity index (χ0) is 13.1. The van der Waals surface area contributed by atoms with Crippen molar-refractivity contribution < 1.29 is 0 Å². The van der Waals surface area contributed by atoms with Crippen LogP contribution in [-0.4, -0.2) is 19.1 Å². The lowest BCUT2D eigenvalue weighted by atomic mass is 9.99. The highest BCUT2D eigenvalue weighted by molar-refractivity contribution is 9.10. The first-order valence-corrected chi connectivity index (χ1v) is 6.47. The van der Waals surface area contributed by atoms with Crippen molar-refractivity contribution in [2.75, 3.05) is 19.0 Å². The molecule has 0 aliphatic rings. The van der Waals surface area contributed by atoms with Gasteiger partial charge in [0.15, 0.2) is 0 Å². The van der Waals surface area contributed by atoms with Crippen LogP contribution in [-0.2, 0) is 0 Å². The summed E-state index contributed by atoms with van der Waals surface area (Å²) >= 11 is 3.41. The molecule has 0 amide bonds. The fourth-order valence-corrected chi connectivity index (χ4v) is 2.19. The second-order valence-electron chi connectivity index (χ2n) is 4.24. The SMILES string of the molecule is C=Cc1ccc(N(C)C)cc1-c1ccnc(Br)c1. The van der Waals surface area contributed by atoms with Crippen molar-refractivity contribution in [2.45, 2.75) is 0 Å². The molecule has 1 heterocycles. The van der Waals surface area contributed by atoms with Gasteiger partial charge in [-0.25, -0.2) is 4.98 Å². The summed E-state index contributed by atoms with van der Waals surface area (Å²) in [5.41, 5.74) is 4.59. The van der Waals surface area contributed by atoms with E-state index in [1.807, 2.05) is 32.3 Å². The molecule has 2 rings (SSSR count). The van der Waals surface area contributed by atoms with E-state index in [-0.39, 0.29) is 0 Å². The summed E-state index contributed by atoms with van der Waals surface area (Å²) in [6.07, 6.45) is 3.68. The molecule has 0 aliphatic carbocycles. The minimum absolute atomic E-state index is 0.838. The fraction of sp³-hybridized carbons (Fsp3) is 0.133. The molecular formula is C15H15BrN2. The molecule has 2 aromatic rings. The number of hydrogen-bond donors (Lipinski definition) is 0. The van der Waals surface area contributed by atoms with Crippen LogP contribution in [0.3, 0.4) is 0 Å². The molecule has 18 heavy (non-hydrogen) atoms. The van der Waals surface area contributed by atoms with E-state index < -0.39 is 0 Å². The van der Waals surface area contributed by atoms with Gasteiger partial charge in [-0.05, 0) is 56.9 Å². The highest BCUT2D eigenvalue weighted by atomic mass is 79.9. The van der Waals surface area contributed by atoms with Crippen LogP contribution >= 0.6 is 15.9 Å². The molecule has 0 fully saturated rings. The van der Waals surface area contributed by atoms with Crippen LogP contribution in [0.1, 0.15) is 5.56 Å². The summed E-state index contributed by atoms with van der Waals surface area (Å²) < 4.78 is 0.838. The molecule has 92 valence electrons. The first kappa shape index (κ1) is 12.8. The van der Waals surface area contributed by atoms with Crippen molar-refractivity contribution in [2.24, 2.45) is 0 Å². The smallest absolute Gasteiger partial charge is 0.106 e.